The number of carbonyl (C=O) groups is 1. The Labute approximate surface area is 79.8 Å². The topological polar surface area (TPSA) is 17.1 Å². The van der Waals surface area contributed by atoms with Crippen molar-refractivity contribution in [3.63, 3.8) is 0 Å². The van der Waals surface area contributed by atoms with Gasteiger partial charge in [0.1, 0.15) is 5.78 Å². The first-order valence-electron chi connectivity index (χ1n) is 4.65. The van der Waals surface area contributed by atoms with Crippen LogP contribution >= 0.6 is 0 Å². The molecule has 1 aromatic carbocycles. The second-order valence-electron chi connectivity index (χ2n) is 3.63. The second-order valence-corrected chi connectivity index (χ2v) is 3.63. The summed E-state index contributed by atoms with van der Waals surface area (Å²) in [6, 6.07) is 6.38. The Hall–Kier alpha value is -1.11. The van der Waals surface area contributed by atoms with Crippen molar-refractivity contribution in [1.29, 1.82) is 0 Å². The Morgan fingerprint density at radius 3 is 2.62 bits per heavy atom. The highest BCUT2D eigenvalue weighted by Gasteiger charge is 2.00. The van der Waals surface area contributed by atoms with Gasteiger partial charge in [0.05, 0.1) is 0 Å². The van der Waals surface area contributed by atoms with Gasteiger partial charge < -0.3 is 4.79 Å². The average Bonchev–Trinajstić information content (AvgIpc) is 2.06. The van der Waals surface area contributed by atoms with Gasteiger partial charge in [-0.1, -0.05) is 23.8 Å². The van der Waals surface area contributed by atoms with Gasteiger partial charge in [-0.25, -0.2) is 0 Å². The minimum atomic E-state index is 0.265. The minimum Gasteiger partial charge on any atom is -0.300 e. The number of benzene rings is 1. The maximum absolute atomic E-state index is 10.8. The SMILES string of the molecule is CC(=O)CCc1cc(C)ccc1C. The quantitative estimate of drug-likeness (QED) is 0.692. The van der Waals surface area contributed by atoms with E-state index in [4.69, 9.17) is 0 Å². The summed E-state index contributed by atoms with van der Waals surface area (Å²) >= 11 is 0. The fourth-order valence-corrected chi connectivity index (χ4v) is 1.38. The van der Waals surface area contributed by atoms with Gasteiger partial charge in [0.2, 0.25) is 0 Å². The molecule has 0 aliphatic heterocycles. The molecule has 1 rings (SSSR count). The second kappa shape index (κ2) is 4.22. The molecule has 0 spiro atoms. The van der Waals surface area contributed by atoms with Crippen LogP contribution in [0.3, 0.4) is 0 Å². The molecule has 1 nitrogen and oxygen atoms in total. The van der Waals surface area contributed by atoms with E-state index in [2.05, 4.69) is 32.0 Å². The zero-order chi connectivity index (χ0) is 9.84. The van der Waals surface area contributed by atoms with Crippen molar-refractivity contribution in [3.8, 4) is 0 Å². The van der Waals surface area contributed by atoms with Crippen LogP contribution in [0.15, 0.2) is 18.2 Å². The van der Waals surface area contributed by atoms with Gasteiger partial charge in [0.25, 0.3) is 0 Å². The van der Waals surface area contributed by atoms with Crippen LogP contribution in [-0.4, -0.2) is 5.78 Å². The molecule has 1 aromatic rings. The number of rotatable bonds is 3. The van der Waals surface area contributed by atoms with Crippen molar-refractivity contribution in [2.45, 2.75) is 33.6 Å². The Morgan fingerprint density at radius 1 is 1.31 bits per heavy atom. The summed E-state index contributed by atoms with van der Waals surface area (Å²) < 4.78 is 0. The first kappa shape index (κ1) is 9.97. The maximum Gasteiger partial charge on any atom is 0.130 e. The van der Waals surface area contributed by atoms with Crippen molar-refractivity contribution in [2.75, 3.05) is 0 Å². The van der Waals surface area contributed by atoms with E-state index >= 15 is 0 Å². The monoisotopic (exact) mass is 176 g/mol. The lowest BCUT2D eigenvalue weighted by molar-refractivity contribution is -0.116. The third-order valence-corrected chi connectivity index (χ3v) is 2.25. The summed E-state index contributed by atoms with van der Waals surface area (Å²) in [5.74, 6) is 0.265. The van der Waals surface area contributed by atoms with Crippen molar-refractivity contribution >= 4 is 5.78 Å². The van der Waals surface area contributed by atoms with E-state index in [9.17, 15) is 4.79 Å². The molecule has 0 radical (unpaired) electrons. The lowest BCUT2D eigenvalue weighted by Crippen LogP contribution is -1.96. The molecule has 13 heavy (non-hydrogen) atoms. The van der Waals surface area contributed by atoms with Gasteiger partial charge in [-0.3, -0.25) is 0 Å². The number of aryl methyl sites for hydroxylation is 3. The molecule has 0 atom stereocenters. The van der Waals surface area contributed by atoms with Gasteiger partial charge in [0, 0.05) is 6.42 Å². The van der Waals surface area contributed by atoms with Gasteiger partial charge in [-0.05, 0) is 38.3 Å². The van der Waals surface area contributed by atoms with Crippen molar-refractivity contribution in [2.24, 2.45) is 0 Å². The van der Waals surface area contributed by atoms with Gasteiger partial charge in [0.15, 0.2) is 0 Å². The summed E-state index contributed by atoms with van der Waals surface area (Å²) in [4.78, 5) is 10.8. The van der Waals surface area contributed by atoms with Crippen LogP contribution in [0.5, 0.6) is 0 Å². The molecule has 0 fully saturated rings. The molecular formula is C12H16O. The average molecular weight is 176 g/mol. The van der Waals surface area contributed by atoms with E-state index in [-0.39, 0.29) is 5.78 Å². The molecule has 70 valence electrons. The Balaban J connectivity index is 2.75. The van der Waals surface area contributed by atoms with E-state index < -0.39 is 0 Å². The Kier molecular flexibility index (Phi) is 3.24. The van der Waals surface area contributed by atoms with E-state index in [1.807, 2.05) is 0 Å². The molecular weight excluding hydrogens is 160 g/mol. The highest BCUT2D eigenvalue weighted by molar-refractivity contribution is 5.75. The Morgan fingerprint density at radius 2 is 2.00 bits per heavy atom. The van der Waals surface area contributed by atoms with Crippen LogP contribution in [0.1, 0.15) is 30.0 Å². The molecule has 0 amide bonds. The van der Waals surface area contributed by atoms with Gasteiger partial charge >= 0.3 is 0 Å². The number of carbonyl (C=O) groups excluding carboxylic acids is 1. The number of hydrogen-bond acceptors (Lipinski definition) is 1. The van der Waals surface area contributed by atoms with E-state index in [0.29, 0.717) is 6.42 Å². The maximum atomic E-state index is 10.8. The van der Waals surface area contributed by atoms with Crippen molar-refractivity contribution in [3.05, 3.63) is 34.9 Å². The predicted molar refractivity (Wildman–Crippen MR) is 54.9 cm³/mol. The zero-order valence-electron chi connectivity index (χ0n) is 8.55. The van der Waals surface area contributed by atoms with E-state index in [0.717, 1.165) is 6.42 Å². The largest absolute Gasteiger partial charge is 0.300 e. The number of ketones is 1. The van der Waals surface area contributed by atoms with Crippen molar-refractivity contribution in [1.82, 2.24) is 0 Å². The van der Waals surface area contributed by atoms with Crippen LogP contribution in [0.25, 0.3) is 0 Å². The number of Topliss-reactive ketones (excluding diaryl/α,β-unsaturated/α-hetero) is 1. The molecule has 0 unspecified atom stereocenters. The Bertz CT molecular complexity index is 313. The van der Waals surface area contributed by atoms with Crippen LogP contribution in [0.4, 0.5) is 0 Å². The predicted octanol–water partition coefficient (Wildman–Crippen LogP) is 2.83. The molecule has 0 saturated carbocycles. The van der Waals surface area contributed by atoms with E-state index in [1.54, 1.807) is 6.92 Å². The smallest absolute Gasteiger partial charge is 0.130 e. The van der Waals surface area contributed by atoms with Crippen LogP contribution in [0.2, 0.25) is 0 Å². The van der Waals surface area contributed by atoms with Gasteiger partial charge in [-0.15, -0.1) is 0 Å². The third-order valence-electron chi connectivity index (χ3n) is 2.25. The summed E-state index contributed by atoms with van der Waals surface area (Å²) in [6.45, 7) is 5.82. The van der Waals surface area contributed by atoms with Crippen LogP contribution in [-0.2, 0) is 11.2 Å². The zero-order valence-corrected chi connectivity index (χ0v) is 8.55. The molecule has 0 aliphatic carbocycles. The fourth-order valence-electron chi connectivity index (χ4n) is 1.38. The summed E-state index contributed by atoms with van der Waals surface area (Å²) in [7, 11) is 0. The summed E-state index contributed by atoms with van der Waals surface area (Å²) in [5, 5.41) is 0. The first-order chi connectivity index (χ1) is 6.09. The normalized spacial score (nSPS) is 10.1. The molecule has 0 heterocycles. The lowest BCUT2D eigenvalue weighted by Gasteiger charge is -2.05. The highest BCUT2D eigenvalue weighted by atomic mass is 16.1. The van der Waals surface area contributed by atoms with Crippen molar-refractivity contribution < 1.29 is 4.79 Å². The van der Waals surface area contributed by atoms with Crippen LogP contribution < -0.4 is 0 Å². The standard InChI is InChI=1S/C12H16O/c1-9-4-5-10(2)12(8-9)7-6-11(3)13/h4-5,8H,6-7H2,1-3H3. The van der Waals surface area contributed by atoms with E-state index in [1.165, 1.54) is 16.7 Å². The molecule has 1 heteroatoms. The highest BCUT2D eigenvalue weighted by Crippen LogP contribution is 2.12. The van der Waals surface area contributed by atoms with Gasteiger partial charge in [-0.2, -0.15) is 0 Å². The van der Waals surface area contributed by atoms with Crippen LogP contribution in [0, 0.1) is 13.8 Å². The summed E-state index contributed by atoms with van der Waals surface area (Å²) in [5.41, 5.74) is 3.85. The molecule has 0 N–H and O–H groups in total. The molecule has 0 saturated heterocycles. The molecule has 0 aliphatic rings. The minimum absolute atomic E-state index is 0.265. The fraction of sp³-hybridized carbons (Fsp3) is 0.417. The number of hydrogen-bond donors (Lipinski definition) is 0. The lowest BCUT2D eigenvalue weighted by atomic mass is 10.0. The first-order valence-corrected chi connectivity index (χ1v) is 4.65. The third kappa shape index (κ3) is 3.02. The molecule has 0 aromatic heterocycles. The summed E-state index contributed by atoms with van der Waals surface area (Å²) in [6.07, 6.45) is 1.53. The molecule has 0 bridgehead atoms.